The van der Waals surface area contributed by atoms with Gasteiger partial charge in [0.15, 0.2) is 5.96 Å². The fraction of sp³-hybridized carbons (Fsp3) is 0.600. The summed E-state index contributed by atoms with van der Waals surface area (Å²) in [6, 6.07) is 10.3. The van der Waals surface area contributed by atoms with Crippen molar-refractivity contribution in [2.75, 3.05) is 33.2 Å². The summed E-state index contributed by atoms with van der Waals surface area (Å²) in [6.07, 6.45) is 0.837. The van der Waals surface area contributed by atoms with E-state index in [1.165, 1.54) is 0 Å². The third kappa shape index (κ3) is 10.5. The lowest BCUT2D eigenvalue weighted by Gasteiger charge is -2.30. The van der Waals surface area contributed by atoms with Gasteiger partial charge in [0.05, 0.1) is 0 Å². The molecule has 1 amide bonds. The summed E-state index contributed by atoms with van der Waals surface area (Å²) in [4.78, 5) is 18.6. The first kappa shape index (κ1) is 25.6. The minimum atomic E-state index is -0.0319. The second-order valence-corrected chi connectivity index (χ2v) is 6.83. The Kier molecular flexibility index (Phi) is 13.9. The number of aliphatic imine (C=N–C) groups is 1. The minimum absolute atomic E-state index is 0. The first-order chi connectivity index (χ1) is 12.5. The van der Waals surface area contributed by atoms with Crippen molar-refractivity contribution in [1.82, 2.24) is 20.9 Å². The van der Waals surface area contributed by atoms with Crippen molar-refractivity contribution in [2.24, 2.45) is 4.99 Å². The molecule has 0 aromatic heterocycles. The Morgan fingerprint density at radius 3 is 2.07 bits per heavy atom. The van der Waals surface area contributed by atoms with E-state index < -0.39 is 0 Å². The Hall–Kier alpha value is -1.35. The molecule has 0 heterocycles. The molecule has 1 rings (SSSR count). The molecule has 6 nitrogen and oxygen atoms in total. The number of nitrogens with one attached hydrogen (secondary N) is 3. The van der Waals surface area contributed by atoms with E-state index in [-0.39, 0.29) is 29.9 Å². The molecule has 1 aromatic carbocycles. The first-order valence-electron chi connectivity index (χ1n) is 9.49. The summed E-state index contributed by atoms with van der Waals surface area (Å²) < 4.78 is 0. The van der Waals surface area contributed by atoms with Crippen LogP contribution in [-0.2, 0) is 0 Å². The SMILES string of the molecule is CN=C(NCCCNC(=O)c1ccccc1)NCCN(C(C)C)C(C)C.I. The van der Waals surface area contributed by atoms with Crippen LogP contribution in [0.1, 0.15) is 44.5 Å². The Balaban J connectivity index is 0.00000676. The smallest absolute Gasteiger partial charge is 0.251 e. The lowest BCUT2D eigenvalue weighted by atomic mass is 10.2. The number of amides is 1. The highest BCUT2D eigenvalue weighted by Crippen LogP contribution is 2.03. The average Bonchev–Trinajstić information content (AvgIpc) is 2.63. The van der Waals surface area contributed by atoms with Crippen LogP contribution in [0.15, 0.2) is 35.3 Å². The van der Waals surface area contributed by atoms with Crippen LogP contribution in [0.2, 0.25) is 0 Å². The number of benzene rings is 1. The predicted octanol–water partition coefficient (Wildman–Crippen LogP) is 2.71. The van der Waals surface area contributed by atoms with Gasteiger partial charge in [0.1, 0.15) is 0 Å². The van der Waals surface area contributed by atoms with Gasteiger partial charge in [-0.25, -0.2) is 0 Å². The van der Waals surface area contributed by atoms with Crippen LogP contribution in [0.25, 0.3) is 0 Å². The third-order valence-electron chi connectivity index (χ3n) is 4.18. The maximum atomic E-state index is 11.9. The lowest BCUT2D eigenvalue weighted by Crippen LogP contribution is -2.45. The summed E-state index contributed by atoms with van der Waals surface area (Å²) in [5.74, 6) is 0.766. The van der Waals surface area contributed by atoms with Crippen molar-refractivity contribution < 1.29 is 4.79 Å². The number of carbonyl (C=O) groups excluding carboxylic acids is 1. The normalized spacial score (nSPS) is 11.5. The van der Waals surface area contributed by atoms with Gasteiger partial charge in [0, 0.05) is 50.9 Å². The summed E-state index contributed by atoms with van der Waals surface area (Å²) in [6.45, 7) is 12.1. The quantitative estimate of drug-likeness (QED) is 0.205. The van der Waals surface area contributed by atoms with Gasteiger partial charge in [-0.3, -0.25) is 14.7 Å². The molecule has 0 unspecified atom stereocenters. The van der Waals surface area contributed by atoms with E-state index in [1.54, 1.807) is 7.05 Å². The zero-order valence-corrected chi connectivity index (χ0v) is 19.6. The van der Waals surface area contributed by atoms with Gasteiger partial charge < -0.3 is 16.0 Å². The van der Waals surface area contributed by atoms with E-state index in [0.29, 0.717) is 24.2 Å². The maximum absolute atomic E-state index is 11.9. The lowest BCUT2D eigenvalue weighted by molar-refractivity contribution is 0.0953. The second kappa shape index (κ2) is 14.7. The molecular weight excluding hydrogens is 453 g/mol. The second-order valence-electron chi connectivity index (χ2n) is 6.83. The van der Waals surface area contributed by atoms with Crippen LogP contribution in [0.5, 0.6) is 0 Å². The van der Waals surface area contributed by atoms with E-state index in [9.17, 15) is 4.79 Å². The van der Waals surface area contributed by atoms with Crippen LogP contribution in [0.4, 0.5) is 0 Å². The molecule has 0 fully saturated rings. The number of rotatable bonds is 10. The highest BCUT2D eigenvalue weighted by atomic mass is 127. The highest BCUT2D eigenvalue weighted by Gasteiger charge is 2.12. The average molecular weight is 489 g/mol. The van der Waals surface area contributed by atoms with E-state index in [1.807, 2.05) is 30.3 Å². The molecule has 0 bridgehead atoms. The standard InChI is InChI=1S/C20H35N5O.HI/c1-16(2)25(17(3)4)15-14-24-20(21-5)23-13-9-12-22-19(26)18-10-7-6-8-11-18;/h6-8,10-11,16-17H,9,12-15H2,1-5H3,(H,22,26)(H2,21,23,24);1H. The summed E-state index contributed by atoms with van der Waals surface area (Å²) in [7, 11) is 1.77. The molecule has 0 spiro atoms. The molecule has 0 atom stereocenters. The van der Waals surface area contributed by atoms with E-state index in [4.69, 9.17) is 0 Å². The summed E-state index contributed by atoms with van der Waals surface area (Å²) in [5.41, 5.74) is 0.692. The van der Waals surface area contributed by atoms with E-state index in [0.717, 1.165) is 32.0 Å². The number of hydrogen-bond acceptors (Lipinski definition) is 3. The highest BCUT2D eigenvalue weighted by molar-refractivity contribution is 14.0. The van der Waals surface area contributed by atoms with Crippen molar-refractivity contribution in [3.8, 4) is 0 Å². The molecule has 0 aliphatic carbocycles. The summed E-state index contributed by atoms with van der Waals surface area (Å²) in [5, 5.41) is 9.56. The van der Waals surface area contributed by atoms with Gasteiger partial charge in [-0.05, 0) is 46.2 Å². The monoisotopic (exact) mass is 489 g/mol. The van der Waals surface area contributed by atoms with Crippen LogP contribution < -0.4 is 16.0 Å². The minimum Gasteiger partial charge on any atom is -0.356 e. The largest absolute Gasteiger partial charge is 0.356 e. The van der Waals surface area contributed by atoms with Crippen LogP contribution >= 0.6 is 24.0 Å². The van der Waals surface area contributed by atoms with Crippen molar-refractivity contribution >= 4 is 35.8 Å². The third-order valence-corrected chi connectivity index (χ3v) is 4.18. The zero-order chi connectivity index (χ0) is 19.4. The molecule has 0 saturated heterocycles. The van der Waals surface area contributed by atoms with Crippen molar-refractivity contribution in [1.29, 1.82) is 0 Å². The van der Waals surface area contributed by atoms with Crippen LogP contribution in [0.3, 0.4) is 0 Å². The van der Waals surface area contributed by atoms with E-state index in [2.05, 4.69) is 53.5 Å². The Morgan fingerprint density at radius 2 is 1.52 bits per heavy atom. The summed E-state index contributed by atoms with van der Waals surface area (Å²) >= 11 is 0. The van der Waals surface area contributed by atoms with Gasteiger partial charge in [-0.15, -0.1) is 24.0 Å². The van der Waals surface area contributed by atoms with E-state index >= 15 is 0 Å². The molecular formula is C20H36IN5O. The molecule has 27 heavy (non-hydrogen) atoms. The van der Waals surface area contributed by atoms with Gasteiger partial charge in [-0.2, -0.15) is 0 Å². The van der Waals surface area contributed by atoms with Gasteiger partial charge >= 0.3 is 0 Å². The number of halogens is 1. The molecule has 0 saturated carbocycles. The number of nitrogens with zero attached hydrogens (tertiary/aromatic N) is 2. The predicted molar refractivity (Wildman–Crippen MR) is 125 cm³/mol. The molecule has 0 aliphatic heterocycles. The molecule has 0 aliphatic rings. The molecule has 3 N–H and O–H groups in total. The molecule has 1 aromatic rings. The van der Waals surface area contributed by atoms with Crippen LogP contribution in [-0.4, -0.2) is 62.1 Å². The Labute approximate surface area is 181 Å². The number of carbonyl (C=O) groups is 1. The molecule has 154 valence electrons. The maximum Gasteiger partial charge on any atom is 0.251 e. The van der Waals surface area contributed by atoms with Crippen molar-refractivity contribution in [3.05, 3.63) is 35.9 Å². The van der Waals surface area contributed by atoms with Gasteiger partial charge in [0.2, 0.25) is 0 Å². The van der Waals surface area contributed by atoms with Crippen LogP contribution in [0, 0.1) is 0 Å². The Morgan fingerprint density at radius 1 is 0.963 bits per heavy atom. The molecule has 0 radical (unpaired) electrons. The zero-order valence-electron chi connectivity index (χ0n) is 17.3. The fourth-order valence-electron chi connectivity index (χ4n) is 2.83. The van der Waals surface area contributed by atoms with Gasteiger partial charge in [0.25, 0.3) is 5.91 Å². The fourth-order valence-corrected chi connectivity index (χ4v) is 2.83. The first-order valence-corrected chi connectivity index (χ1v) is 9.49. The van der Waals surface area contributed by atoms with Crippen molar-refractivity contribution in [2.45, 2.75) is 46.2 Å². The topological polar surface area (TPSA) is 68.8 Å². The van der Waals surface area contributed by atoms with Crippen molar-refractivity contribution in [3.63, 3.8) is 0 Å². The Bertz CT molecular complexity index is 541. The van der Waals surface area contributed by atoms with Gasteiger partial charge in [-0.1, -0.05) is 18.2 Å². The number of hydrogen-bond donors (Lipinski definition) is 3. The number of guanidine groups is 1. The molecule has 7 heteroatoms.